The van der Waals surface area contributed by atoms with E-state index in [1.54, 1.807) is 11.9 Å². The third-order valence-corrected chi connectivity index (χ3v) is 4.09. The van der Waals surface area contributed by atoms with Gasteiger partial charge < -0.3 is 9.80 Å². The predicted molar refractivity (Wildman–Crippen MR) is 67.0 cm³/mol. The SMILES string of the molecule is CN1CCCN(c2nc(Cl)c(C=O)s2)CC1=O. The Morgan fingerprint density at radius 3 is 2.88 bits per heavy atom. The van der Waals surface area contributed by atoms with E-state index in [-0.39, 0.29) is 11.1 Å². The van der Waals surface area contributed by atoms with Gasteiger partial charge in [-0.25, -0.2) is 4.98 Å². The summed E-state index contributed by atoms with van der Waals surface area (Å²) in [5.74, 6) is 0.0569. The number of aromatic nitrogens is 1. The monoisotopic (exact) mass is 273 g/mol. The number of hydrogen-bond acceptors (Lipinski definition) is 5. The molecule has 0 saturated carbocycles. The van der Waals surface area contributed by atoms with Crippen LogP contribution in [0.2, 0.25) is 5.15 Å². The van der Waals surface area contributed by atoms with Crippen LogP contribution in [0.3, 0.4) is 0 Å². The Balaban J connectivity index is 2.20. The summed E-state index contributed by atoms with van der Waals surface area (Å²) in [7, 11) is 1.79. The summed E-state index contributed by atoms with van der Waals surface area (Å²) >= 11 is 7.04. The molecule has 1 aromatic heterocycles. The Hall–Kier alpha value is -1.14. The van der Waals surface area contributed by atoms with Gasteiger partial charge in [0.1, 0.15) is 4.88 Å². The second-order valence-electron chi connectivity index (χ2n) is 3.86. The highest BCUT2D eigenvalue weighted by molar-refractivity contribution is 7.17. The van der Waals surface area contributed by atoms with Crippen LogP contribution in [-0.2, 0) is 4.79 Å². The highest BCUT2D eigenvalue weighted by atomic mass is 35.5. The molecule has 0 atom stereocenters. The molecule has 0 spiro atoms. The second-order valence-corrected chi connectivity index (χ2v) is 5.23. The Kier molecular flexibility index (Phi) is 3.63. The largest absolute Gasteiger partial charge is 0.344 e. The highest BCUT2D eigenvalue weighted by Crippen LogP contribution is 2.28. The quantitative estimate of drug-likeness (QED) is 0.762. The van der Waals surface area contributed by atoms with E-state index in [4.69, 9.17) is 11.6 Å². The van der Waals surface area contributed by atoms with Gasteiger partial charge in [-0.3, -0.25) is 9.59 Å². The summed E-state index contributed by atoms with van der Waals surface area (Å²) < 4.78 is 0. The lowest BCUT2D eigenvalue weighted by Crippen LogP contribution is -2.34. The summed E-state index contributed by atoms with van der Waals surface area (Å²) in [6.45, 7) is 1.78. The fourth-order valence-electron chi connectivity index (χ4n) is 1.66. The predicted octanol–water partition coefficient (Wildman–Crippen LogP) is 1.28. The Labute approximate surface area is 108 Å². The van der Waals surface area contributed by atoms with Crippen LogP contribution in [0.5, 0.6) is 0 Å². The third-order valence-electron chi connectivity index (χ3n) is 2.65. The van der Waals surface area contributed by atoms with Crippen LogP contribution in [0.4, 0.5) is 5.13 Å². The van der Waals surface area contributed by atoms with Crippen LogP contribution in [0.25, 0.3) is 0 Å². The number of amides is 1. The van der Waals surface area contributed by atoms with E-state index in [1.165, 1.54) is 11.3 Å². The number of hydrogen-bond donors (Lipinski definition) is 0. The topological polar surface area (TPSA) is 53.5 Å². The first-order valence-electron chi connectivity index (χ1n) is 5.22. The molecule has 0 bridgehead atoms. The normalized spacial score (nSPS) is 17.2. The molecule has 1 fully saturated rings. The fraction of sp³-hybridized carbons (Fsp3) is 0.500. The number of nitrogens with zero attached hydrogens (tertiary/aromatic N) is 3. The number of halogens is 1. The van der Waals surface area contributed by atoms with Crippen LogP contribution in [-0.4, -0.2) is 48.8 Å². The molecule has 0 unspecified atom stereocenters. The van der Waals surface area contributed by atoms with Crippen LogP contribution < -0.4 is 4.90 Å². The number of thiazole rings is 1. The van der Waals surface area contributed by atoms with Crippen molar-refractivity contribution in [1.29, 1.82) is 0 Å². The van der Waals surface area contributed by atoms with Crippen LogP contribution in [0, 0.1) is 0 Å². The number of likely N-dealkylation sites (N-methyl/N-ethyl adjacent to an activating group) is 1. The van der Waals surface area contributed by atoms with Gasteiger partial charge in [0.15, 0.2) is 16.6 Å². The molecule has 0 N–H and O–H groups in total. The van der Waals surface area contributed by atoms with Crippen molar-refractivity contribution >= 4 is 40.3 Å². The lowest BCUT2D eigenvalue weighted by molar-refractivity contribution is -0.127. The maximum absolute atomic E-state index is 11.7. The van der Waals surface area contributed by atoms with Crippen molar-refractivity contribution in [2.75, 3.05) is 31.6 Å². The Morgan fingerprint density at radius 2 is 2.24 bits per heavy atom. The molecule has 17 heavy (non-hydrogen) atoms. The minimum atomic E-state index is 0.0569. The van der Waals surface area contributed by atoms with Gasteiger partial charge in [0.2, 0.25) is 5.91 Å². The van der Waals surface area contributed by atoms with E-state index < -0.39 is 0 Å². The molecule has 1 aliphatic rings. The van der Waals surface area contributed by atoms with Crippen molar-refractivity contribution in [1.82, 2.24) is 9.88 Å². The Morgan fingerprint density at radius 1 is 1.47 bits per heavy atom. The number of carbonyl (C=O) groups is 2. The van der Waals surface area contributed by atoms with Crippen LogP contribution in [0.15, 0.2) is 0 Å². The van der Waals surface area contributed by atoms with Crippen LogP contribution in [0.1, 0.15) is 16.1 Å². The van der Waals surface area contributed by atoms with Crippen molar-refractivity contribution in [2.45, 2.75) is 6.42 Å². The molecular weight excluding hydrogens is 262 g/mol. The molecule has 0 radical (unpaired) electrons. The molecule has 92 valence electrons. The average Bonchev–Trinajstić information content (AvgIpc) is 2.60. The molecule has 0 aliphatic carbocycles. The molecule has 1 amide bonds. The van der Waals surface area contributed by atoms with Crippen LogP contribution >= 0.6 is 22.9 Å². The van der Waals surface area contributed by atoms with Crippen molar-refractivity contribution in [3.8, 4) is 0 Å². The third kappa shape index (κ3) is 2.58. The zero-order chi connectivity index (χ0) is 12.4. The summed E-state index contributed by atoms with van der Waals surface area (Å²) in [5, 5.41) is 0.853. The number of aldehydes is 1. The van der Waals surface area contributed by atoms with Crippen molar-refractivity contribution < 1.29 is 9.59 Å². The molecule has 1 saturated heterocycles. The first kappa shape index (κ1) is 12.3. The minimum Gasteiger partial charge on any atom is -0.344 e. The first-order valence-corrected chi connectivity index (χ1v) is 6.41. The smallest absolute Gasteiger partial charge is 0.241 e. The molecule has 1 aliphatic heterocycles. The lowest BCUT2D eigenvalue weighted by Gasteiger charge is -2.18. The van der Waals surface area contributed by atoms with E-state index in [0.29, 0.717) is 22.8 Å². The summed E-state index contributed by atoms with van der Waals surface area (Å²) in [6, 6.07) is 0. The van der Waals surface area contributed by atoms with E-state index in [2.05, 4.69) is 4.98 Å². The Bertz CT molecular complexity index is 449. The number of rotatable bonds is 2. The number of carbonyl (C=O) groups excluding carboxylic acids is 2. The van der Waals surface area contributed by atoms with E-state index in [0.717, 1.165) is 19.5 Å². The molecule has 2 heterocycles. The van der Waals surface area contributed by atoms with Gasteiger partial charge in [-0.05, 0) is 6.42 Å². The van der Waals surface area contributed by atoms with E-state index in [1.807, 2.05) is 4.90 Å². The zero-order valence-corrected chi connectivity index (χ0v) is 10.9. The highest BCUT2D eigenvalue weighted by Gasteiger charge is 2.22. The lowest BCUT2D eigenvalue weighted by atomic mass is 10.4. The van der Waals surface area contributed by atoms with E-state index in [9.17, 15) is 9.59 Å². The summed E-state index contributed by atoms with van der Waals surface area (Å²) in [4.78, 5) is 30.5. The van der Waals surface area contributed by atoms with Crippen molar-refractivity contribution in [3.05, 3.63) is 10.0 Å². The van der Waals surface area contributed by atoms with Crippen molar-refractivity contribution in [3.63, 3.8) is 0 Å². The average molecular weight is 274 g/mol. The molecular formula is C10H12ClN3O2S. The minimum absolute atomic E-state index is 0.0569. The molecule has 1 aromatic rings. The maximum atomic E-state index is 11.7. The molecule has 7 heteroatoms. The van der Waals surface area contributed by atoms with Gasteiger partial charge in [0, 0.05) is 20.1 Å². The maximum Gasteiger partial charge on any atom is 0.241 e. The van der Waals surface area contributed by atoms with Gasteiger partial charge in [0.05, 0.1) is 6.54 Å². The zero-order valence-electron chi connectivity index (χ0n) is 9.35. The first-order chi connectivity index (χ1) is 8.11. The second kappa shape index (κ2) is 5.01. The molecule has 0 aromatic carbocycles. The van der Waals surface area contributed by atoms with Gasteiger partial charge in [0.25, 0.3) is 0 Å². The van der Waals surface area contributed by atoms with Gasteiger partial charge in [-0.2, -0.15) is 0 Å². The summed E-state index contributed by atoms with van der Waals surface area (Å²) in [6.07, 6.45) is 1.57. The van der Waals surface area contributed by atoms with Crippen molar-refractivity contribution in [2.24, 2.45) is 0 Å². The van der Waals surface area contributed by atoms with Gasteiger partial charge in [-0.1, -0.05) is 22.9 Å². The molecule has 2 rings (SSSR count). The number of anilines is 1. The molecule has 5 nitrogen and oxygen atoms in total. The van der Waals surface area contributed by atoms with Gasteiger partial charge in [-0.15, -0.1) is 0 Å². The standard InChI is InChI=1S/C10H12ClN3O2S/c1-13-3-2-4-14(5-8(13)16)10-12-9(11)7(6-15)17-10/h6H,2-5H2,1H3. The summed E-state index contributed by atoms with van der Waals surface area (Å²) in [5.41, 5.74) is 0. The van der Waals surface area contributed by atoms with Gasteiger partial charge >= 0.3 is 0 Å². The fourth-order valence-corrected chi connectivity index (χ4v) is 2.75. The van der Waals surface area contributed by atoms with E-state index >= 15 is 0 Å².